The number of carbonyl (C=O) groups is 1. The molecule has 1 aliphatic heterocycles. The molecule has 1 saturated carbocycles. The van der Waals surface area contributed by atoms with Crippen LogP contribution in [0, 0.1) is 0 Å². The van der Waals surface area contributed by atoms with Gasteiger partial charge in [-0.05, 0) is 44.4 Å². The zero-order valence-corrected chi connectivity index (χ0v) is 18.2. The molecule has 0 aromatic carbocycles. The van der Waals surface area contributed by atoms with E-state index in [2.05, 4.69) is 24.0 Å². The fourth-order valence-electron chi connectivity index (χ4n) is 4.19. The molecule has 5 rings (SSSR count). The Morgan fingerprint density at radius 2 is 2.06 bits per heavy atom. The van der Waals surface area contributed by atoms with Crippen LogP contribution in [0.2, 0.25) is 0 Å². The molecule has 8 nitrogen and oxygen atoms in total. The van der Waals surface area contributed by atoms with Crippen LogP contribution in [0.15, 0.2) is 30.6 Å². The van der Waals surface area contributed by atoms with Crippen LogP contribution in [-0.2, 0) is 18.5 Å². The third-order valence-corrected chi connectivity index (χ3v) is 6.32. The first kappa shape index (κ1) is 19.8. The van der Waals surface area contributed by atoms with Gasteiger partial charge in [0.15, 0.2) is 5.82 Å². The fourth-order valence-corrected chi connectivity index (χ4v) is 4.19. The first-order valence-corrected chi connectivity index (χ1v) is 10.9. The molecule has 4 heterocycles. The minimum Gasteiger partial charge on any atom is -0.323 e. The van der Waals surface area contributed by atoms with Crippen LogP contribution in [-0.4, -0.2) is 30.6 Å². The van der Waals surface area contributed by atoms with Gasteiger partial charge in [-0.2, -0.15) is 0 Å². The van der Waals surface area contributed by atoms with Crippen LogP contribution < -0.4 is 10.6 Å². The Morgan fingerprint density at radius 1 is 1.26 bits per heavy atom. The van der Waals surface area contributed by atoms with Crippen molar-refractivity contribution in [1.82, 2.24) is 24.7 Å². The zero-order valence-electron chi connectivity index (χ0n) is 18.2. The first-order chi connectivity index (χ1) is 14.9. The Kier molecular flexibility index (Phi) is 4.62. The number of amides is 1. The third kappa shape index (κ3) is 3.31. The molecule has 1 atom stereocenters. The van der Waals surface area contributed by atoms with E-state index in [0.717, 1.165) is 42.8 Å². The summed E-state index contributed by atoms with van der Waals surface area (Å²) < 4.78 is 1.98. The summed E-state index contributed by atoms with van der Waals surface area (Å²) in [5.41, 5.74) is 10.4. The molecule has 1 aliphatic carbocycles. The van der Waals surface area contributed by atoms with Crippen LogP contribution in [0.1, 0.15) is 73.4 Å². The summed E-state index contributed by atoms with van der Waals surface area (Å²) in [5, 5.41) is 8.27. The lowest BCUT2D eigenvalue weighted by molar-refractivity contribution is 0.0996. The van der Waals surface area contributed by atoms with E-state index < -0.39 is 0 Å². The quantitative estimate of drug-likeness (QED) is 0.660. The highest BCUT2D eigenvalue weighted by atomic mass is 16.2. The molecular weight excluding hydrogens is 390 g/mol. The van der Waals surface area contributed by atoms with Gasteiger partial charge in [0.1, 0.15) is 17.8 Å². The van der Waals surface area contributed by atoms with E-state index in [4.69, 9.17) is 15.7 Å². The van der Waals surface area contributed by atoms with Crippen molar-refractivity contribution in [1.29, 1.82) is 0 Å². The van der Waals surface area contributed by atoms with Gasteiger partial charge < -0.3 is 10.3 Å². The number of fused-ring (bicyclic) bond motifs is 1. The highest BCUT2D eigenvalue weighted by Crippen LogP contribution is 2.48. The van der Waals surface area contributed by atoms with Crippen molar-refractivity contribution in [3.05, 3.63) is 53.1 Å². The smallest absolute Gasteiger partial charge is 0.260 e. The lowest BCUT2D eigenvalue weighted by Crippen LogP contribution is -2.24. The standard InChI is InChI=1S/C23H27N7O/c1-4-10-29-13-25-28-21(29)17-6-5-7-19(26-17)30-12-16-15(22(30)31)11-18(23(3)8-9-23)27-20(16)14(2)24/h5-7,11,13-14H,4,8-10,12,24H2,1-3H3. The van der Waals surface area contributed by atoms with Crippen molar-refractivity contribution in [3.8, 4) is 11.5 Å². The number of anilines is 1. The van der Waals surface area contributed by atoms with Crippen molar-refractivity contribution < 1.29 is 4.79 Å². The van der Waals surface area contributed by atoms with Crippen LogP contribution in [0.5, 0.6) is 0 Å². The van der Waals surface area contributed by atoms with Gasteiger partial charge in [0.05, 0.1) is 12.2 Å². The van der Waals surface area contributed by atoms with Crippen LogP contribution >= 0.6 is 0 Å². The average Bonchev–Trinajstić information content (AvgIpc) is 3.19. The SMILES string of the molecule is CCCn1cnnc1-c1cccc(N2Cc3c(cc(C4(C)CC4)nc3C(C)N)C2=O)n1. The second kappa shape index (κ2) is 7.23. The summed E-state index contributed by atoms with van der Waals surface area (Å²) in [6.07, 6.45) is 4.87. The molecule has 8 heteroatoms. The molecule has 160 valence electrons. The number of aryl methyl sites for hydroxylation is 1. The molecule has 1 fully saturated rings. The second-order valence-electron chi connectivity index (χ2n) is 8.89. The maximum atomic E-state index is 13.4. The van der Waals surface area contributed by atoms with E-state index in [1.54, 1.807) is 11.2 Å². The molecule has 2 N–H and O–H groups in total. The summed E-state index contributed by atoms with van der Waals surface area (Å²) in [6.45, 7) is 7.46. The van der Waals surface area contributed by atoms with E-state index in [0.29, 0.717) is 29.4 Å². The third-order valence-electron chi connectivity index (χ3n) is 6.32. The van der Waals surface area contributed by atoms with Crippen LogP contribution in [0.3, 0.4) is 0 Å². The summed E-state index contributed by atoms with van der Waals surface area (Å²) in [6, 6.07) is 7.39. The number of hydrogen-bond donors (Lipinski definition) is 1. The molecule has 0 saturated heterocycles. The largest absolute Gasteiger partial charge is 0.323 e. The van der Waals surface area contributed by atoms with Gasteiger partial charge in [-0.25, -0.2) is 4.98 Å². The Hall–Kier alpha value is -3.13. The van der Waals surface area contributed by atoms with E-state index in [9.17, 15) is 4.79 Å². The topological polar surface area (TPSA) is 103 Å². The predicted molar refractivity (Wildman–Crippen MR) is 117 cm³/mol. The highest BCUT2D eigenvalue weighted by molar-refractivity contribution is 6.10. The van der Waals surface area contributed by atoms with Gasteiger partial charge in [-0.3, -0.25) is 14.7 Å². The predicted octanol–water partition coefficient (Wildman–Crippen LogP) is 3.38. The Morgan fingerprint density at radius 3 is 2.77 bits per heavy atom. The average molecular weight is 418 g/mol. The van der Waals surface area contributed by atoms with Gasteiger partial charge in [-0.15, -0.1) is 10.2 Å². The molecular formula is C23H27N7O. The molecule has 1 unspecified atom stereocenters. The molecule has 2 aliphatic rings. The number of hydrogen-bond acceptors (Lipinski definition) is 6. The molecule has 1 amide bonds. The van der Waals surface area contributed by atoms with E-state index >= 15 is 0 Å². The molecule has 0 radical (unpaired) electrons. The van der Waals surface area contributed by atoms with Crippen LogP contribution in [0.4, 0.5) is 5.82 Å². The summed E-state index contributed by atoms with van der Waals surface area (Å²) in [4.78, 5) is 24.8. The van der Waals surface area contributed by atoms with Crippen molar-refractivity contribution in [2.24, 2.45) is 5.73 Å². The maximum absolute atomic E-state index is 13.4. The lowest BCUT2D eigenvalue weighted by atomic mass is 9.97. The lowest BCUT2D eigenvalue weighted by Gasteiger charge is -2.16. The maximum Gasteiger partial charge on any atom is 0.260 e. The molecule has 3 aromatic heterocycles. The minimum absolute atomic E-state index is 0.0514. The Labute approximate surface area is 181 Å². The number of nitrogens with two attached hydrogens (primary N) is 1. The fraction of sp³-hybridized carbons (Fsp3) is 0.435. The van der Waals surface area contributed by atoms with Gasteiger partial charge in [-0.1, -0.05) is 19.9 Å². The van der Waals surface area contributed by atoms with E-state index in [-0.39, 0.29) is 17.4 Å². The van der Waals surface area contributed by atoms with Crippen LogP contribution in [0.25, 0.3) is 11.5 Å². The molecule has 3 aromatic rings. The number of nitrogens with zero attached hydrogens (tertiary/aromatic N) is 6. The van der Waals surface area contributed by atoms with Gasteiger partial charge in [0.2, 0.25) is 0 Å². The first-order valence-electron chi connectivity index (χ1n) is 10.9. The van der Waals surface area contributed by atoms with Crippen molar-refractivity contribution in [3.63, 3.8) is 0 Å². The number of carbonyl (C=O) groups excluding carboxylic acids is 1. The number of aromatic nitrogens is 5. The molecule has 0 bridgehead atoms. The Bertz CT molecular complexity index is 1160. The van der Waals surface area contributed by atoms with Gasteiger partial charge >= 0.3 is 0 Å². The second-order valence-corrected chi connectivity index (χ2v) is 8.89. The highest BCUT2D eigenvalue weighted by Gasteiger charge is 2.43. The van der Waals surface area contributed by atoms with Gasteiger partial charge in [0, 0.05) is 34.8 Å². The monoisotopic (exact) mass is 417 g/mol. The normalized spacial score (nSPS) is 17.7. The van der Waals surface area contributed by atoms with Crippen molar-refractivity contribution in [2.75, 3.05) is 4.90 Å². The summed E-state index contributed by atoms with van der Waals surface area (Å²) >= 11 is 0. The number of rotatable bonds is 6. The van der Waals surface area contributed by atoms with Crippen molar-refractivity contribution >= 4 is 11.7 Å². The zero-order chi connectivity index (χ0) is 21.8. The minimum atomic E-state index is -0.240. The van der Waals surface area contributed by atoms with E-state index in [1.807, 2.05) is 35.8 Å². The van der Waals surface area contributed by atoms with Crippen molar-refractivity contribution in [2.45, 2.75) is 64.6 Å². The van der Waals surface area contributed by atoms with Gasteiger partial charge in [0.25, 0.3) is 5.91 Å². The summed E-state index contributed by atoms with van der Waals surface area (Å²) in [5.74, 6) is 1.25. The number of pyridine rings is 2. The summed E-state index contributed by atoms with van der Waals surface area (Å²) in [7, 11) is 0. The van der Waals surface area contributed by atoms with E-state index in [1.165, 1.54) is 0 Å². The molecule has 31 heavy (non-hydrogen) atoms. The molecule has 0 spiro atoms. The Balaban J connectivity index is 1.53.